The second-order valence-corrected chi connectivity index (χ2v) is 14.3. The van der Waals surface area contributed by atoms with Crippen LogP contribution in [0.3, 0.4) is 0 Å². The molecule has 0 amide bonds. The number of nitrogens with one attached hydrogen (secondary N) is 1. The smallest absolute Gasteiger partial charge is 0.320 e. The van der Waals surface area contributed by atoms with Gasteiger partial charge in [-0.15, -0.1) is 0 Å². The summed E-state index contributed by atoms with van der Waals surface area (Å²) in [5, 5.41) is 36.0. The number of aliphatic carboxylic acids is 4. The molecule has 0 spiro atoms. The van der Waals surface area contributed by atoms with Gasteiger partial charge in [0.1, 0.15) is 6.04 Å². The Hall–Kier alpha value is -2.41. The molecular formula is C31H69N5O11S. The van der Waals surface area contributed by atoms with E-state index < -0.39 is 34.0 Å². The van der Waals surface area contributed by atoms with E-state index in [1.807, 2.05) is 105 Å². The Morgan fingerprint density at radius 2 is 1.00 bits per heavy atom. The lowest BCUT2D eigenvalue weighted by Gasteiger charge is -2.24. The van der Waals surface area contributed by atoms with Gasteiger partial charge in [-0.1, -0.05) is 13.8 Å². The number of carbonyl (C=O) groups is 4. The molecule has 1 unspecified atom stereocenters. The number of hydrogen-bond donors (Lipinski definition) is 6. The number of nitrogens with zero attached hydrogens (tertiary/aromatic N) is 4. The number of hydrogen-bond acceptors (Lipinski definition) is 11. The van der Waals surface area contributed by atoms with Crippen LogP contribution in [0, 0.1) is 0 Å². The summed E-state index contributed by atoms with van der Waals surface area (Å²) in [5.41, 5.74) is 0. The van der Waals surface area contributed by atoms with Crippen LogP contribution in [-0.4, -0.2) is 173 Å². The molecule has 16 nitrogen and oxygen atoms in total. The van der Waals surface area contributed by atoms with E-state index >= 15 is 0 Å². The van der Waals surface area contributed by atoms with E-state index in [0.29, 0.717) is 31.2 Å². The first kappa shape index (κ1) is 55.0. The molecule has 0 fully saturated rings. The largest absolute Gasteiger partial charge is 0.481 e. The lowest BCUT2D eigenvalue weighted by atomic mass is 10.2. The van der Waals surface area contributed by atoms with Crippen molar-refractivity contribution in [3.8, 4) is 0 Å². The van der Waals surface area contributed by atoms with E-state index in [0.717, 1.165) is 0 Å². The summed E-state index contributed by atoms with van der Waals surface area (Å²) in [6.45, 7) is 22.6. The summed E-state index contributed by atoms with van der Waals surface area (Å²) in [6.07, 6.45) is 0.231. The lowest BCUT2D eigenvalue weighted by Crippen LogP contribution is -2.40. The van der Waals surface area contributed by atoms with E-state index in [2.05, 4.69) is 5.32 Å². The predicted molar refractivity (Wildman–Crippen MR) is 190 cm³/mol. The average molecular weight is 720 g/mol. The molecule has 0 saturated carbocycles. The summed E-state index contributed by atoms with van der Waals surface area (Å²) in [6, 6.07) is 1.19. The van der Waals surface area contributed by atoms with Crippen molar-refractivity contribution in [1.29, 1.82) is 0 Å². The SMILES string of the molecule is CC(C)N(C)C(C)C(=O)O.CC(C)N(C)CC(=O)O.CC(C)N(C)CCC(=O)O.CC(C)N(C)CCS(=O)(=O)O.CC(C)NCC(=O)O. The van der Waals surface area contributed by atoms with Crippen LogP contribution in [0.4, 0.5) is 0 Å². The van der Waals surface area contributed by atoms with Gasteiger partial charge in [0.25, 0.3) is 10.1 Å². The highest BCUT2D eigenvalue weighted by Gasteiger charge is 2.18. The minimum Gasteiger partial charge on any atom is -0.481 e. The summed E-state index contributed by atoms with van der Waals surface area (Å²) in [5.74, 6) is -3.27. The molecule has 0 aromatic rings. The molecule has 48 heavy (non-hydrogen) atoms. The maximum absolute atomic E-state index is 10.4. The van der Waals surface area contributed by atoms with Crippen LogP contribution < -0.4 is 5.32 Å². The van der Waals surface area contributed by atoms with E-state index in [4.69, 9.17) is 25.0 Å². The second kappa shape index (κ2) is 30.6. The molecule has 17 heteroatoms. The molecule has 1 atom stereocenters. The second-order valence-electron chi connectivity index (χ2n) is 12.7. The Bertz CT molecular complexity index is 963. The Labute approximate surface area is 290 Å². The maximum Gasteiger partial charge on any atom is 0.320 e. The van der Waals surface area contributed by atoms with Crippen molar-refractivity contribution < 1.29 is 52.6 Å². The number of carboxylic acid groups (broad SMARTS) is 4. The third-order valence-corrected chi connectivity index (χ3v) is 7.55. The highest BCUT2D eigenvalue weighted by atomic mass is 32.2. The third-order valence-electron chi connectivity index (χ3n) is 6.85. The van der Waals surface area contributed by atoms with Crippen molar-refractivity contribution in [2.75, 3.05) is 60.1 Å². The summed E-state index contributed by atoms with van der Waals surface area (Å²) < 4.78 is 29.0. The van der Waals surface area contributed by atoms with Gasteiger partial charge < -0.3 is 35.5 Å². The summed E-state index contributed by atoms with van der Waals surface area (Å²) in [7, 11) is 3.54. The molecule has 290 valence electrons. The van der Waals surface area contributed by atoms with Gasteiger partial charge in [-0.05, 0) is 90.5 Å². The molecule has 0 aliphatic heterocycles. The van der Waals surface area contributed by atoms with Crippen LogP contribution in [0.15, 0.2) is 0 Å². The quantitative estimate of drug-likeness (QED) is 0.119. The Balaban J connectivity index is -0.000000161. The zero-order chi connectivity index (χ0) is 39.5. The van der Waals surface area contributed by atoms with Gasteiger partial charge in [0.05, 0.1) is 25.3 Å². The molecule has 0 saturated heterocycles. The van der Waals surface area contributed by atoms with E-state index in [9.17, 15) is 27.6 Å². The van der Waals surface area contributed by atoms with Gasteiger partial charge in [-0.3, -0.25) is 33.5 Å². The summed E-state index contributed by atoms with van der Waals surface area (Å²) in [4.78, 5) is 47.9. The van der Waals surface area contributed by atoms with Crippen LogP contribution in [0.1, 0.15) is 82.6 Å². The normalized spacial score (nSPS) is 11.9. The Kier molecular flexibility index (Phi) is 35.1. The molecule has 0 radical (unpaired) electrons. The van der Waals surface area contributed by atoms with Crippen molar-refractivity contribution in [3.05, 3.63) is 0 Å². The van der Waals surface area contributed by atoms with Crippen LogP contribution in [-0.2, 0) is 29.3 Å². The van der Waals surface area contributed by atoms with Gasteiger partial charge in [-0.25, -0.2) is 0 Å². The number of likely N-dealkylation sites (N-methyl/N-ethyl adjacent to an activating group) is 2. The molecule has 0 aromatic carbocycles. The number of carboxylic acids is 4. The van der Waals surface area contributed by atoms with Gasteiger partial charge >= 0.3 is 23.9 Å². The van der Waals surface area contributed by atoms with E-state index in [-0.39, 0.29) is 43.4 Å². The van der Waals surface area contributed by atoms with Crippen molar-refractivity contribution in [1.82, 2.24) is 24.9 Å². The topological polar surface area (TPSA) is 229 Å². The summed E-state index contributed by atoms with van der Waals surface area (Å²) >= 11 is 0. The van der Waals surface area contributed by atoms with Crippen molar-refractivity contribution >= 4 is 34.0 Å². The van der Waals surface area contributed by atoms with Gasteiger partial charge in [0.15, 0.2) is 0 Å². The van der Waals surface area contributed by atoms with E-state index in [1.165, 1.54) is 0 Å². The monoisotopic (exact) mass is 719 g/mol. The zero-order valence-corrected chi connectivity index (χ0v) is 32.9. The van der Waals surface area contributed by atoms with Crippen molar-refractivity contribution in [2.24, 2.45) is 0 Å². The molecule has 0 aliphatic rings. The molecule has 0 rings (SSSR count). The van der Waals surface area contributed by atoms with E-state index in [1.54, 1.807) is 18.9 Å². The van der Waals surface area contributed by atoms with Crippen LogP contribution in [0.5, 0.6) is 0 Å². The first-order valence-corrected chi connectivity index (χ1v) is 17.5. The van der Waals surface area contributed by atoms with Crippen LogP contribution in [0.25, 0.3) is 0 Å². The fraction of sp³-hybridized carbons (Fsp3) is 0.871. The molecule has 0 aromatic heterocycles. The van der Waals surface area contributed by atoms with Crippen LogP contribution >= 0.6 is 0 Å². The molecular weight excluding hydrogens is 650 g/mol. The fourth-order valence-corrected chi connectivity index (χ4v) is 2.88. The Morgan fingerprint density at radius 3 is 1.19 bits per heavy atom. The molecule has 6 N–H and O–H groups in total. The molecule has 0 aliphatic carbocycles. The first-order chi connectivity index (χ1) is 21.5. The van der Waals surface area contributed by atoms with Gasteiger partial charge in [0.2, 0.25) is 0 Å². The Morgan fingerprint density at radius 1 is 0.604 bits per heavy atom. The van der Waals surface area contributed by atoms with Gasteiger partial charge in [-0.2, -0.15) is 8.42 Å². The highest BCUT2D eigenvalue weighted by molar-refractivity contribution is 7.85. The minimum atomic E-state index is -3.79. The lowest BCUT2D eigenvalue weighted by molar-refractivity contribution is -0.143. The standard InChI is InChI=1S/2C7H15NO2.C6H15NO3S.C6H13NO2.C5H11NO2/c1-6(2)8(3)5-4-7(9)10;1-5(2)8(4)6(3)7(9)10;1-6(2)7(3)4-5-11(8,9)10;1-5(2)7(3)4-6(8)9;1-4(2)6-3-5(7)8/h6H,4-5H2,1-3H3,(H,9,10);5-6H,1-4H3,(H,9,10);6H,4-5H2,1-3H3,(H,8,9,10);5H,4H2,1-3H3,(H,8,9);4,6H,3H2,1-2H3,(H,7,8). The average Bonchev–Trinajstić information content (AvgIpc) is 2.92. The maximum atomic E-state index is 10.4. The van der Waals surface area contributed by atoms with Gasteiger partial charge in [0, 0.05) is 43.3 Å². The zero-order valence-electron chi connectivity index (χ0n) is 32.1. The van der Waals surface area contributed by atoms with Crippen molar-refractivity contribution in [2.45, 2.75) is 119 Å². The predicted octanol–water partition coefficient (Wildman–Crippen LogP) is 2.30. The first-order valence-electron chi connectivity index (χ1n) is 15.9. The van der Waals surface area contributed by atoms with Crippen LogP contribution in [0.2, 0.25) is 0 Å². The highest BCUT2D eigenvalue weighted by Crippen LogP contribution is 2.00. The minimum absolute atomic E-state index is 0.0532. The fourth-order valence-electron chi connectivity index (χ4n) is 2.36. The third kappa shape index (κ3) is 45.7. The molecule has 0 heterocycles. The molecule has 0 bridgehead atoms. The number of rotatable bonds is 17. The van der Waals surface area contributed by atoms with Crippen molar-refractivity contribution in [3.63, 3.8) is 0 Å².